The first-order valence-electron chi connectivity index (χ1n) is 11.0. The molecule has 4 N–H and O–H groups in total. The van der Waals surface area contributed by atoms with Gasteiger partial charge in [0.05, 0.1) is 30.1 Å². The van der Waals surface area contributed by atoms with Crippen LogP contribution in [-0.2, 0) is 13.1 Å². The van der Waals surface area contributed by atoms with Crippen LogP contribution in [0.4, 0.5) is 0 Å². The van der Waals surface area contributed by atoms with E-state index in [-0.39, 0.29) is 0 Å². The van der Waals surface area contributed by atoms with E-state index in [0.29, 0.717) is 13.1 Å². The van der Waals surface area contributed by atoms with Crippen molar-refractivity contribution in [3.8, 4) is 11.3 Å². The van der Waals surface area contributed by atoms with Gasteiger partial charge < -0.3 is 15.4 Å². The minimum Gasteiger partial charge on any atom is -0.389 e. The molecule has 0 amide bonds. The summed E-state index contributed by atoms with van der Waals surface area (Å²) in [5.41, 5.74) is 5.72. The Bertz CT molecular complexity index is 1390. The van der Waals surface area contributed by atoms with Gasteiger partial charge in [0, 0.05) is 35.2 Å². The fourth-order valence-corrected chi connectivity index (χ4v) is 4.50. The molecule has 8 heteroatoms. The van der Waals surface area contributed by atoms with Crippen LogP contribution >= 0.6 is 0 Å². The summed E-state index contributed by atoms with van der Waals surface area (Å²) in [5, 5.41) is 31.7. The second kappa shape index (κ2) is 7.58. The highest BCUT2D eigenvalue weighted by Crippen LogP contribution is 2.30. The van der Waals surface area contributed by atoms with Crippen molar-refractivity contribution in [1.82, 2.24) is 35.5 Å². The third kappa shape index (κ3) is 3.57. The van der Waals surface area contributed by atoms with Crippen LogP contribution in [0, 0.1) is 0 Å². The summed E-state index contributed by atoms with van der Waals surface area (Å²) in [6.07, 6.45) is 6.72. The average molecular weight is 428 g/mol. The molecule has 2 aromatic carbocycles. The van der Waals surface area contributed by atoms with Gasteiger partial charge >= 0.3 is 0 Å². The molecule has 0 radical (unpaired) electrons. The third-order valence-corrected chi connectivity index (χ3v) is 6.44. The molecule has 1 aliphatic rings. The monoisotopic (exact) mass is 427 g/mol. The molecule has 0 bridgehead atoms. The second-order valence-corrected chi connectivity index (χ2v) is 8.84. The van der Waals surface area contributed by atoms with Crippen molar-refractivity contribution in [2.75, 3.05) is 6.54 Å². The van der Waals surface area contributed by atoms with Crippen molar-refractivity contribution in [2.45, 2.75) is 38.0 Å². The van der Waals surface area contributed by atoms with Crippen LogP contribution in [-0.4, -0.2) is 47.4 Å². The van der Waals surface area contributed by atoms with Gasteiger partial charge in [0.15, 0.2) is 0 Å². The van der Waals surface area contributed by atoms with Crippen LogP contribution in [0.1, 0.15) is 30.5 Å². The summed E-state index contributed by atoms with van der Waals surface area (Å²) < 4.78 is 1.86. The van der Waals surface area contributed by atoms with Gasteiger partial charge in [-0.2, -0.15) is 5.10 Å². The number of aromatic nitrogens is 6. The van der Waals surface area contributed by atoms with Crippen molar-refractivity contribution in [1.29, 1.82) is 0 Å². The zero-order chi connectivity index (χ0) is 21.5. The first kappa shape index (κ1) is 19.2. The second-order valence-electron chi connectivity index (χ2n) is 8.84. The van der Waals surface area contributed by atoms with Gasteiger partial charge in [-0.25, -0.2) is 4.68 Å². The lowest BCUT2D eigenvalue weighted by Crippen LogP contribution is -2.46. The third-order valence-electron chi connectivity index (χ3n) is 6.44. The van der Waals surface area contributed by atoms with E-state index in [0.717, 1.165) is 64.7 Å². The predicted octanol–water partition coefficient (Wildman–Crippen LogP) is 3.36. The highest BCUT2D eigenvalue weighted by Gasteiger charge is 2.33. The van der Waals surface area contributed by atoms with Crippen molar-refractivity contribution >= 4 is 21.8 Å². The highest BCUT2D eigenvalue weighted by molar-refractivity contribution is 5.93. The average Bonchev–Trinajstić information content (AvgIpc) is 3.51. The largest absolute Gasteiger partial charge is 0.389 e. The maximum absolute atomic E-state index is 10.2. The summed E-state index contributed by atoms with van der Waals surface area (Å²) in [5.74, 6) is 0. The predicted molar refractivity (Wildman–Crippen MR) is 123 cm³/mol. The molecule has 0 spiro atoms. The van der Waals surface area contributed by atoms with Crippen LogP contribution in [0.5, 0.6) is 0 Å². The Morgan fingerprint density at radius 1 is 1.12 bits per heavy atom. The number of hydrogen-bond acceptors (Lipinski definition) is 5. The smallest absolute Gasteiger partial charge is 0.113 e. The zero-order valence-electron chi connectivity index (χ0n) is 17.7. The van der Waals surface area contributed by atoms with Gasteiger partial charge in [-0.3, -0.25) is 5.10 Å². The Kier molecular flexibility index (Phi) is 4.55. The topological polar surface area (TPSA) is 107 Å². The highest BCUT2D eigenvalue weighted by atomic mass is 16.3. The summed E-state index contributed by atoms with van der Waals surface area (Å²) in [7, 11) is 0. The SMILES string of the molecule is OC1(CNCc2cc3ccc(Cn4cc(-c5cccc6[nH]ncc56)nn4)cc3[nH]2)CCC1. The summed E-state index contributed by atoms with van der Waals surface area (Å²) >= 11 is 0. The molecule has 162 valence electrons. The quantitative estimate of drug-likeness (QED) is 0.319. The van der Waals surface area contributed by atoms with E-state index in [1.54, 1.807) is 0 Å². The Balaban J connectivity index is 1.17. The standard InChI is InChI=1S/C24H25N7O/c32-24(7-2-8-24)15-25-11-18-10-17-6-5-16(9-22(17)27-18)13-31-14-23(29-30-31)19-3-1-4-21-20(19)12-26-28-21/h1,3-6,9-10,12,14,25,27,32H,2,7-8,11,13,15H2,(H,26,28). The molecule has 6 rings (SSSR count). The van der Waals surface area contributed by atoms with Crippen LogP contribution in [0.25, 0.3) is 33.1 Å². The van der Waals surface area contributed by atoms with Crippen LogP contribution in [0.3, 0.4) is 0 Å². The molecular formula is C24H25N7O. The number of hydrogen-bond donors (Lipinski definition) is 4. The lowest BCUT2D eigenvalue weighted by Gasteiger charge is -2.36. The van der Waals surface area contributed by atoms with Gasteiger partial charge in [0.1, 0.15) is 5.69 Å². The molecule has 5 aromatic rings. The first-order valence-corrected chi connectivity index (χ1v) is 11.0. The summed E-state index contributed by atoms with van der Waals surface area (Å²) in [4.78, 5) is 3.49. The molecule has 3 heterocycles. The number of nitrogens with zero attached hydrogens (tertiary/aromatic N) is 4. The number of fused-ring (bicyclic) bond motifs is 2. The Hall–Kier alpha value is -3.49. The van der Waals surface area contributed by atoms with Crippen LogP contribution < -0.4 is 5.32 Å². The van der Waals surface area contributed by atoms with Gasteiger partial charge in [0.25, 0.3) is 0 Å². The van der Waals surface area contributed by atoms with Crippen molar-refractivity contribution in [3.63, 3.8) is 0 Å². The van der Waals surface area contributed by atoms with E-state index < -0.39 is 5.60 Å². The lowest BCUT2D eigenvalue weighted by atomic mass is 9.80. The number of H-pyrrole nitrogens is 2. The molecule has 0 aliphatic heterocycles. The van der Waals surface area contributed by atoms with E-state index >= 15 is 0 Å². The maximum atomic E-state index is 10.2. The fraction of sp³-hybridized carbons (Fsp3) is 0.292. The van der Waals surface area contributed by atoms with Crippen LogP contribution in [0.15, 0.2) is 54.9 Å². The number of nitrogens with one attached hydrogen (secondary N) is 3. The van der Waals surface area contributed by atoms with Gasteiger partial charge in [-0.1, -0.05) is 29.5 Å². The van der Waals surface area contributed by atoms with E-state index in [2.05, 4.69) is 55.1 Å². The molecule has 0 saturated heterocycles. The fourth-order valence-electron chi connectivity index (χ4n) is 4.50. The van der Waals surface area contributed by atoms with Gasteiger partial charge in [-0.15, -0.1) is 5.10 Å². The van der Waals surface area contributed by atoms with Crippen molar-refractivity contribution < 1.29 is 5.11 Å². The van der Waals surface area contributed by atoms with E-state index in [1.165, 1.54) is 5.39 Å². The molecule has 1 aliphatic carbocycles. The lowest BCUT2D eigenvalue weighted by molar-refractivity contribution is -0.0315. The van der Waals surface area contributed by atoms with E-state index in [1.807, 2.05) is 35.3 Å². The Morgan fingerprint density at radius 3 is 2.94 bits per heavy atom. The number of aromatic amines is 2. The molecule has 0 atom stereocenters. The van der Waals surface area contributed by atoms with Gasteiger partial charge in [0.2, 0.25) is 0 Å². The minimum absolute atomic E-state index is 0.501. The first-order chi connectivity index (χ1) is 15.7. The number of aliphatic hydroxyl groups is 1. The summed E-state index contributed by atoms with van der Waals surface area (Å²) in [6, 6.07) is 14.6. The molecule has 3 aromatic heterocycles. The molecule has 32 heavy (non-hydrogen) atoms. The van der Waals surface area contributed by atoms with E-state index in [4.69, 9.17) is 0 Å². The van der Waals surface area contributed by atoms with Crippen molar-refractivity contribution in [2.24, 2.45) is 0 Å². The Labute approximate surface area is 184 Å². The maximum Gasteiger partial charge on any atom is 0.113 e. The molecular weight excluding hydrogens is 402 g/mol. The number of rotatable bonds is 7. The minimum atomic E-state index is -0.501. The van der Waals surface area contributed by atoms with Crippen LogP contribution in [0.2, 0.25) is 0 Å². The van der Waals surface area contributed by atoms with E-state index in [9.17, 15) is 5.11 Å². The molecule has 8 nitrogen and oxygen atoms in total. The Morgan fingerprint density at radius 2 is 2.06 bits per heavy atom. The molecule has 0 unspecified atom stereocenters. The zero-order valence-corrected chi connectivity index (χ0v) is 17.7. The summed E-state index contributed by atoms with van der Waals surface area (Å²) in [6.45, 7) is 2.01. The normalized spacial score (nSPS) is 15.4. The van der Waals surface area contributed by atoms with Crippen molar-refractivity contribution in [3.05, 3.63) is 66.1 Å². The van der Waals surface area contributed by atoms with Gasteiger partial charge in [-0.05, 0) is 48.4 Å². The number of benzene rings is 2. The molecule has 1 fully saturated rings. The molecule has 1 saturated carbocycles.